The third-order valence-corrected chi connectivity index (χ3v) is 2.29. The fraction of sp³-hybridized carbons (Fsp3) is 0.364. The van der Waals surface area contributed by atoms with Gasteiger partial charge in [0.1, 0.15) is 5.82 Å². The average Bonchev–Trinajstić information content (AvgIpc) is 2.32. The molecule has 7 heteroatoms. The van der Waals surface area contributed by atoms with Crippen molar-refractivity contribution in [2.45, 2.75) is 6.92 Å². The van der Waals surface area contributed by atoms with Crippen LogP contribution in [0.1, 0.15) is 15.9 Å². The lowest BCUT2D eigenvalue weighted by atomic mass is 10.1. The molecule has 0 saturated carbocycles. The van der Waals surface area contributed by atoms with Crippen LogP contribution < -0.4 is 5.32 Å². The van der Waals surface area contributed by atoms with Crippen LogP contribution in [0.25, 0.3) is 0 Å². The summed E-state index contributed by atoms with van der Waals surface area (Å²) < 4.78 is 18.4. The van der Waals surface area contributed by atoms with Crippen molar-refractivity contribution in [2.24, 2.45) is 0 Å². The highest BCUT2D eigenvalue weighted by atomic mass is 19.1. The topological polar surface area (TPSA) is 81.5 Å². The summed E-state index contributed by atoms with van der Waals surface area (Å²) in [7, 11) is 1.46. The molecule has 0 fully saturated rings. The van der Waals surface area contributed by atoms with E-state index in [1.54, 1.807) is 0 Å². The Balaban J connectivity index is 2.99. The summed E-state index contributed by atoms with van der Waals surface area (Å²) in [5.41, 5.74) is -0.593. The van der Waals surface area contributed by atoms with Crippen LogP contribution in [0.15, 0.2) is 12.1 Å². The molecule has 0 atom stereocenters. The number of hydrogen-bond acceptors (Lipinski definition) is 4. The molecule has 1 rings (SSSR count). The first-order valence-electron chi connectivity index (χ1n) is 5.19. The van der Waals surface area contributed by atoms with Gasteiger partial charge >= 0.3 is 0 Å². The lowest BCUT2D eigenvalue weighted by Gasteiger charge is -2.07. The first-order valence-corrected chi connectivity index (χ1v) is 5.19. The van der Waals surface area contributed by atoms with Gasteiger partial charge in [0.15, 0.2) is 0 Å². The minimum atomic E-state index is -0.754. The quantitative estimate of drug-likeness (QED) is 0.490. The van der Waals surface area contributed by atoms with E-state index in [4.69, 9.17) is 4.74 Å². The largest absolute Gasteiger partial charge is 0.383 e. The van der Waals surface area contributed by atoms with Crippen molar-refractivity contribution in [3.05, 3.63) is 39.2 Å². The first-order chi connectivity index (χ1) is 8.47. The van der Waals surface area contributed by atoms with Gasteiger partial charge in [-0.25, -0.2) is 4.39 Å². The molecular formula is C11H13FN2O4. The van der Waals surface area contributed by atoms with E-state index in [1.807, 2.05) is 0 Å². The van der Waals surface area contributed by atoms with Crippen LogP contribution in [0.4, 0.5) is 10.1 Å². The van der Waals surface area contributed by atoms with Crippen LogP contribution >= 0.6 is 0 Å². The van der Waals surface area contributed by atoms with E-state index in [-0.39, 0.29) is 30.0 Å². The van der Waals surface area contributed by atoms with Crippen molar-refractivity contribution in [1.82, 2.24) is 5.32 Å². The summed E-state index contributed by atoms with van der Waals surface area (Å²) in [6.45, 7) is 1.85. The normalized spacial score (nSPS) is 10.2. The fourth-order valence-electron chi connectivity index (χ4n) is 1.38. The monoisotopic (exact) mass is 256 g/mol. The first kappa shape index (κ1) is 14.0. The average molecular weight is 256 g/mol. The highest BCUT2D eigenvalue weighted by Crippen LogP contribution is 2.20. The molecular weight excluding hydrogens is 243 g/mol. The third-order valence-electron chi connectivity index (χ3n) is 2.29. The molecule has 0 radical (unpaired) electrons. The lowest BCUT2D eigenvalue weighted by molar-refractivity contribution is -0.385. The molecule has 0 spiro atoms. The van der Waals surface area contributed by atoms with Crippen molar-refractivity contribution in [2.75, 3.05) is 20.3 Å². The number of aryl methyl sites for hydroxylation is 1. The van der Waals surface area contributed by atoms with Crippen molar-refractivity contribution in [3.63, 3.8) is 0 Å². The van der Waals surface area contributed by atoms with Gasteiger partial charge in [-0.3, -0.25) is 14.9 Å². The number of hydrogen-bond donors (Lipinski definition) is 1. The number of carbonyl (C=O) groups is 1. The molecule has 6 nitrogen and oxygen atoms in total. The van der Waals surface area contributed by atoms with Gasteiger partial charge in [0.2, 0.25) is 0 Å². The minimum absolute atomic E-state index is 0.0566. The number of benzene rings is 1. The summed E-state index contributed by atoms with van der Waals surface area (Å²) in [5, 5.41) is 13.0. The predicted molar refractivity (Wildman–Crippen MR) is 62.0 cm³/mol. The molecule has 0 saturated heterocycles. The molecule has 0 aliphatic heterocycles. The van der Waals surface area contributed by atoms with Crippen LogP contribution in [0, 0.1) is 22.9 Å². The number of carbonyl (C=O) groups excluding carboxylic acids is 1. The maximum absolute atomic E-state index is 13.7. The summed E-state index contributed by atoms with van der Waals surface area (Å²) in [6.07, 6.45) is 0. The zero-order chi connectivity index (χ0) is 13.7. The number of nitro benzene ring substituents is 1. The molecule has 0 bridgehead atoms. The van der Waals surface area contributed by atoms with Gasteiger partial charge in [-0.1, -0.05) is 0 Å². The Bertz CT molecular complexity index is 476. The van der Waals surface area contributed by atoms with Gasteiger partial charge in [0, 0.05) is 25.8 Å². The minimum Gasteiger partial charge on any atom is -0.383 e. The molecule has 98 valence electrons. The van der Waals surface area contributed by atoms with Crippen LogP contribution in [0.5, 0.6) is 0 Å². The smallest absolute Gasteiger partial charge is 0.270 e. The van der Waals surface area contributed by atoms with Crippen molar-refractivity contribution < 1.29 is 18.8 Å². The number of amides is 1. The highest BCUT2D eigenvalue weighted by Gasteiger charge is 2.19. The summed E-state index contributed by atoms with van der Waals surface area (Å²) >= 11 is 0. The molecule has 0 aliphatic carbocycles. The molecule has 1 amide bonds. The lowest BCUT2D eigenvalue weighted by Crippen LogP contribution is -2.28. The Morgan fingerprint density at radius 1 is 1.56 bits per heavy atom. The molecule has 0 aromatic heterocycles. The van der Waals surface area contributed by atoms with E-state index in [2.05, 4.69) is 5.32 Å². The van der Waals surface area contributed by atoms with Crippen LogP contribution in [-0.2, 0) is 4.74 Å². The molecule has 1 N–H and O–H groups in total. The Kier molecular flexibility index (Phi) is 4.73. The Labute approximate surface area is 103 Å². The Hall–Kier alpha value is -2.02. The summed E-state index contributed by atoms with van der Waals surface area (Å²) in [6, 6.07) is 2.01. The standard InChI is InChI=1S/C11H13FN2O4/c1-7-5-8(14(16)17)6-9(10(7)12)11(15)13-3-4-18-2/h5-6H,3-4H2,1-2H3,(H,13,15). The predicted octanol–water partition coefficient (Wildman–Crippen LogP) is 1.42. The zero-order valence-electron chi connectivity index (χ0n) is 10.0. The number of non-ortho nitro benzene ring substituents is 1. The maximum Gasteiger partial charge on any atom is 0.270 e. The zero-order valence-corrected chi connectivity index (χ0v) is 10.0. The van der Waals surface area contributed by atoms with E-state index >= 15 is 0 Å². The van der Waals surface area contributed by atoms with Gasteiger partial charge in [0.05, 0.1) is 17.1 Å². The third kappa shape index (κ3) is 3.24. The van der Waals surface area contributed by atoms with Crippen LogP contribution in [0.2, 0.25) is 0 Å². The number of methoxy groups -OCH3 is 1. The van der Waals surface area contributed by atoms with Gasteiger partial charge < -0.3 is 10.1 Å². The maximum atomic E-state index is 13.7. The number of halogens is 1. The van der Waals surface area contributed by atoms with Crippen molar-refractivity contribution in [3.8, 4) is 0 Å². The number of rotatable bonds is 5. The SMILES string of the molecule is COCCNC(=O)c1cc([N+](=O)[O-])cc(C)c1F. The summed E-state index contributed by atoms with van der Waals surface area (Å²) in [4.78, 5) is 21.6. The second-order valence-corrected chi connectivity index (χ2v) is 3.63. The van der Waals surface area contributed by atoms with E-state index < -0.39 is 16.6 Å². The van der Waals surface area contributed by atoms with E-state index in [9.17, 15) is 19.3 Å². The summed E-state index contributed by atoms with van der Waals surface area (Å²) in [5.74, 6) is -1.45. The van der Waals surface area contributed by atoms with Gasteiger partial charge in [0.25, 0.3) is 11.6 Å². The molecule has 18 heavy (non-hydrogen) atoms. The fourth-order valence-corrected chi connectivity index (χ4v) is 1.38. The molecule has 0 aliphatic rings. The van der Waals surface area contributed by atoms with E-state index in [1.165, 1.54) is 14.0 Å². The number of nitrogens with zero attached hydrogens (tertiary/aromatic N) is 1. The van der Waals surface area contributed by atoms with Crippen LogP contribution in [0.3, 0.4) is 0 Å². The molecule has 1 aromatic carbocycles. The second-order valence-electron chi connectivity index (χ2n) is 3.63. The van der Waals surface area contributed by atoms with Crippen LogP contribution in [-0.4, -0.2) is 31.1 Å². The molecule has 1 aromatic rings. The van der Waals surface area contributed by atoms with Gasteiger partial charge in [-0.05, 0) is 12.5 Å². The second kappa shape index (κ2) is 6.06. The van der Waals surface area contributed by atoms with Crippen molar-refractivity contribution >= 4 is 11.6 Å². The highest BCUT2D eigenvalue weighted by molar-refractivity contribution is 5.95. The van der Waals surface area contributed by atoms with E-state index in [0.717, 1.165) is 12.1 Å². The Morgan fingerprint density at radius 3 is 2.78 bits per heavy atom. The number of ether oxygens (including phenoxy) is 1. The number of nitro groups is 1. The van der Waals surface area contributed by atoms with Crippen molar-refractivity contribution in [1.29, 1.82) is 0 Å². The number of nitrogens with one attached hydrogen (secondary N) is 1. The van der Waals surface area contributed by atoms with E-state index in [0.29, 0.717) is 0 Å². The molecule has 0 heterocycles. The molecule has 0 unspecified atom stereocenters. The van der Waals surface area contributed by atoms with Gasteiger partial charge in [-0.2, -0.15) is 0 Å². The Morgan fingerprint density at radius 2 is 2.22 bits per heavy atom. The van der Waals surface area contributed by atoms with Gasteiger partial charge in [-0.15, -0.1) is 0 Å².